The molecule has 0 saturated heterocycles. The second-order valence-corrected chi connectivity index (χ2v) is 5.96. The van der Waals surface area contributed by atoms with Gasteiger partial charge in [0.2, 0.25) is 5.82 Å². The first kappa shape index (κ1) is 20.6. The monoisotopic (exact) mass is 405 g/mol. The standard InChI is InChI=1S/C22H19N3O5/c1-3-28-19-7-5-4-6-18(19)21-24-20(30-25-21)14-29-22(26)16(13-23)12-15-8-10-17(27-2)11-9-15/h4-12H,3,14H2,1-2H3/b16-12+. The maximum atomic E-state index is 12.2. The number of carbonyl (C=O) groups is 1. The molecule has 0 spiro atoms. The van der Waals surface area contributed by atoms with Crippen LogP contribution in [-0.2, 0) is 16.1 Å². The second kappa shape index (κ2) is 9.89. The van der Waals surface area contributed by atoms with E-state index in [9.17, 15) is 10.1 Å². The summed E-state index contributed by atoms with van der Waals surface area (Å²) in [5.74, 6) is 0.929. The van der Waals surface area contributed by atoms with Crippen molar-refractivity contribution in [2.24, 2.45) is 0 Å². The van der Waals surface area contributed by atoms with Crippen LogP contribution in [0.1, 0.15) is 18.4 Å². The molecule has 0 fully saturated rings. The first-order valence-corrected chi connectivity index (χ1v) is 9.12. The lowest BCUT2D eigenvalue weighted by molar-refractivity contribution is -0.140. The number of esters is 1. The first-order valence-electron chi connectivity index (χ1n) is 9.12. The quantitative estimate of drug-likeness (QED) is 0.316. The lowest BCUT2D eigenvalue weighted by Crippen LogP contribution is -2.07. The number of nitriles is 1. The van der Waals surface area contributed by atoms with Crippen molar-refractivity contribution in [1.29, 1.82) is 5.26 Å². The Labute approximate surface area is 173 Å². The van der Waals surface area contributed by atoms with E-state index in [1.54, 1.807) is 43.5 Å². The van der Waals surface area contributed by atoms with Gasteiger partial charge in [-0.3, -0.25) is 0 Å². The third-order valence-electron chi connectivity index (χ3n) is 3.99. The highest BCUT2D eigenvalue weighted by atomic mass is 16.6. The number of nitrogens with zero attached hydrogens (tertiary/aromatic N) is 3. The van der Waals surface area contributed by atoms with Crippen LogP contribution in [0, 0.1) is 11.3 Å². The molecule has 0 bridgehead atoms. The van der Waals surface area contributed by atoms with Gasteiger partial charge in [-0.25, -0.2) is 4.79 Å². The van der Waals surface area contributed by atoms with Gasteiger partial charge in [0.05, 0.1) is 19.3 Å². The van der Waals surface area contributed by atoms with Gasteiger partial charge in [-0.1, -0.05) is 29.4 Å². The molecule has 0 atom stereocenters. The third-order valence-corrected chi connectivity index (χ3v) is 3.99. The molecule has 0 radical (unpaired) electrons. The van der Waals surface area contributed by atoms with Gasteiger partial charge in [0, 0.05) is 0 Å². The summed E-state index contributed by atoms with van der Waals surface area (Å²) in [6.45, 7) is 2.12. The van der Waals surface area contributed by atoms with Gasteiger partial charge in [0.25, 0.3) is 5.89 Å². The summed E-state index contributed by atoms with van der Waals surface area (Å²) in [6, 6.07) is 16.0. The van der Waals surface area contributed by atoms with Crippen LogP contribution in [-0.4, -0.2) is 29.8 Å². The molecular weight excluding hydrogens is 386 g/mol. The Morgan fingerprint density at radius 1 is 1.20 bits per heavy atom. The lowest BCUT2D eigenvalue weighted by atomic mass is 10.1. The Kier molecular flexibility index (Phi) is 6.79. The third kappa shape index (κ3) is 5.02. The summed E-state index contributed by atoms with van der Waals surface area (Å²) < 4.78 is 20.9. The van der Waals surface area contributed by atoms with Crippen LogP contribution in [0.15, 0.2) is 58.6 Å². The SMILES string of the molecule is CCOc1ccccc1-c1noc(COC(=O)/C(C#N)=C/c2ccc(OC)cc2)n1. The summed E-state index contributed by atoms with van der Waals surface area (Å²) in [5.41, 5.74) is 1.18. The number of hydrogen-bond acceptors (Lipinski definition) is 8. The molecule has 3 rings (SSSR count). The van der Waals surface area contributed by atoms with Crippen LogP contribution in [0.4, 0.5) is 0 Å². The van der Waals surface area contributed by atoms with Crippen molar-refractivity contribution in [3.8, 4) is 29.0 Å². The molecule has 0 aliphatic rings. The smallest absolute Gasteiger partial charge is 0.349 e. The number of methoxy groups -OCH3 is 1. The van der Waals surface area contributed by atoms with Crippen molar-refractivity contribution in [2.75, 3.05) is 13.7 Å². The van der Waals surface area contributed by atoms with Crippen molar-refractivity contribution in [2.45, 2.75) is 13.5 Å². The van der Waals surface area contributed by atoms with E-state index < -0.39 is 5.97 Å². The molecule has 0 amide bonds. The summed E-state index contributed by atoms with van der Waals surface area (Å²) in [7, 11) is 1.56. The zero-order valence-corrected chi connectivity index (χ0v) is 16.5. The van der Waals surface area contributed by atoms with Gasteiger partial charge in [-0.05, 0) is 42.8 Å². The normalized spacial score (nSPS) is 10.9. The van der Waals surface area contributed by atoms with E-state index in [0.29, 0.717) is 35.1 Å². The van der Waals surface area contributed by atoms with E-state index in [-0.39, 0.29) is 18.1 Å². The van der Waals surface area contributed by atoms with E-state index in [2.05, 4.69) is 10.1 Å². The van der Waals surface area contributed by atoms with Gasteiger partial charge in [0.15, 0.2) is 6.61 Å². The largest absolute Gasteiger partial charge is 0.497 e. The zero-order valence-electron chi connectivity index (χ0n) is 16.5. The molecule has 0 unspecified atom stereocenters. The van der Waals surface area contributed by atoms with Crippen molar-refractivity contribution < 1.29 is 23.5 Å². The summed E-state index contributed by atoms with van der Waals surface area (Å²) >= 11 is 0. The Hall–Kier alpha value is -4.12. The maximum Gasteiger partial charge on any atom is 0.349 e. The molecule has 0 aliphatic carbocycles. The molecule has 30 heavy (non-hydrogen) atoms. The number of benzene rings is 2. The summed E-state index contributed by atoms with van der Waals surface area (Å²) in [5, 5.41) is 13.2. The van der Waals surface area contributed by atoms with E-state index in [1.807, 2.05) is 25.1 Å². The number of para-hydroxylation sites is 1. The van der Waals surface area contributed by atoms with Gasteiger partial charge >= 0.3 is 5.97 Å². The fourth-order valence-electron chi connectivity index (χ4n) is 2.56. The average molecular weight is 405 g/mol. The number of hydrogen-bond donors (Lipinski definition) is 0. The zero-order chi connectivity index (χ0) is 21.3. The predicted octanol–water partition coefficient (Wildman–Crippen LogP) is 3.79. The van der Waals surface area contributed by atoms with Crippen LogP contribution in [0.25, 0.3) is 17.5 Å². The van der Waals surface area contributed by atoms with E-state index in [0.717, 1.165) is 0 Å². The molecule has 0 N–H and O–H groups in total. The highest BCUT2D eigenvalue weighted by molar-refractivity contribution is 5.97. The fraction of sp³-hybridized carbons (Fsp3) is 0.182. The topological polar surface area (TPSA) is 107 Å². The van der Waals surface area contributed by atoms with Crippen LogP contribution >= 0.6 is 0 Å². The fourth-order valence-corrected chi connectivity index (χ4v) is 2.56. The van der Waals surface area contributed by atoms with Crippen molar-refractivity contribution >= 4 is 12.0 Å². The molecule has 8 nitrogen and oxygen atoms in total. The number of ether oxygens (including phenoxy) is 3. The Bertz CT molecular complexity index is 1080. The number of rotatable bonds is 8. The summed E-state index contributed by atoms with van der Waals surface area (Å²) in [6.07, 6.45) is 1.43. The Balaban J connectivity index is 1.67. The average Bonchev–Trinajstić information content (AvgIpc) is 3.25. The minimum Gasteiger partial charge on any atom is -0.497 e. The predicted molar refractivity (Wildman–Crippen MR) is 107 cm³/mol. The van der Waals surface area contributed by atoms with Gasteiger partial charge in [-0.15, -0.1) is 0 Å². The maximum absolute atomic E-state index is 12.2. The molecule has 8 heteroatoms. The highest BCUT2D eigenvalue weighted by Gasteiger charge is 2.16. The lowest BCUT2D eigenvalue weighted by Gasteiger charge is -2.06. The van der Waals surface area contributed by atoms with Gasteiger partial charge < -0.3 is 18.7 Å². The molecule has 1 heterocycles. The second-order valence-electron chi connectivity index (χ2n) is 5.96. The number of carbonyl (C=O) groups excluding carboxylic acids is 1. The van der Waals surface area contributed by atoms with Gasteiger partial charge in [0.1, 0.15) is 23.1 Å². The molecule has 0 saturated carbocycles. The van der Waals surface area contributed by atoms with E-state index >= 15 is 0 Å². The number of aromatic nitrogens is 2. The highest BCUT2D eigenvalue weighted by Crippen LogP contribution is 2.27. The van der Waals surface area contributed by atoms with Gasteiger partial charge in [-0.2, -0.15) is 10.2 Å². The van der Waals surface area contributed by atoms with E-state index in [4.69, 9.17) is 18.7 Å². The molecule has 0 aliphatic heterocycles. The first-order chi connectivity index (χ1) is 14.6. The molecule has 3 aromatic rings. The van der Waals surface area contributed by atoms with Crippen molar-refractivity contribution in [3.05, 3.63) is 65.6 Å². The molecule has 152 valence electrons. The van der Waals surface area contributed by atoms with Crippen molar-refractivity contribution in [1.82, 2.24) is 10.1 Å². The summed E-state index contributed by atoms with van der Waals surface area (Å²) in [4.78, 5) is 16.5. The van der Waals surface area contributed by atoms with Crippen LogP contribution < -0.4 is 9.47 Å². The molecule has 2 aromatic carbocycles. The molecule has 1 aromatic heterocycles. The Morgan fingerprint density at radius 3 is 2.67 bits per heavy atom. The van der Waals surface area contributed by atoms with Crippen LogP contribution in [0.2, 0.25) is 0 Å². The Morgan fingerprint density at radius 2 is 1.97 bits per heavy atom. The van der Waals surface area contributed by atoms with Crippen LogP contribution in [0.3, 0.4) is 0 Å². The van der Waals surface area contributed by atoms with Crippen LogP contribution in [0.5, 0.6) is 11.5 Å². The minimum atomic E-state index is -0.789. The minimum absolute atomic E-state index is 0.103. The van der Waals surface area contributed by atoms with E-state index in [1.165, 1.54) is 6.08 Å². The van der Waals surface area contributed by atoms with Crippen molar-refractivity contribution in [3.63, 3.8) is 0 Å². The molecular formula is C22H19N3O5.